The first-order valence-corrected chi connectivity index (χ1v) is 9.01. The molecule has 2 rings (SSSR count). The maximum absolute atomic E-state index is 12.5. The fourth-order valence-electron chi connectivity index (χ4n) is 3.06. The third-order valence-corrected chi connectivity index (χ3v) is 4.73. The van der Waals surface area contributed by atoms with Crippen molar-refractivity contribution in [3.05, 3.63) is 35.9 Å². The Hall–Kier alpha value is -1.55. The van der Waals surface area contributed by atoms with Crippen molar-refractivity contribution < 1.29 is 4.79 Å². The number of nitrogens with zero attached hydrogens (tertiary/aromatic N) is 2. The second-order valence-electron chi connectivity index (χ2n) is 6.32. The summed E-state index contributed by atoms with van der Waals surface area (Å²) in [6.07, 6.45) is 2.55. The van der Waals surface area contributed by atoms with E-state index in [4.69, 9.17) is 0 Å². The first-order valence-electron chi connectivity index (χ1n) is 9.01. The summed E-state index contributed by atoms with van der Waals surface area (Å²) in [6.45, 7) is 10.7. The second-order valence-corrected chi connectivity index (χ2v) is 6.32. The van der Waals surface area contributed by atoms with Crippen LogP contribution in [0.1, 0.15) is 45.2 Å². The molecule has 128 valence electrons. The summed E-state index contributed by atoms with van der Waals surface area (Å²) < 4.78 is 0. The Labute approximate surface area is 140 Å². The average Bonchev–Trinajstić information content (AvgIpc) is 3.41. The maximum atomic E-state index is 12.5. The van der Waals surface area contributed by atoms with Gasteiger partial charge in [0.2, 0.25) is 0 Å². The molecule has 4 nitrogen and oxygen atoms in total. The van der Waals surface area contributed by atoms with Crippen LogP contribution in [-0.2, 0) is 0 Å². The first kappa shape index (κ1) is 17.8. The Morgan fingerprint density at radius 1 is 1.13 bits per heavy atom. The van der Waals surface area contributed by atoms with Crippen LogP contribution in [0.4, 0.5) is 4.79 Å². The van der Waals surface area contributed by atoms with Gasteiger partial charge >= 0.3 is 6.03 Å². The van der Waals surface area contributed by atoms with Gasteiger partial charge in [0.05, 0.1) is 6.04 Å². The van der Waals surface area contributed by atoms with Crippen LogP contribution in [-0.4, -0.2) is 48.6 Å². The molecule has 23 heavy (non-hydrogen) atoms. The SMILES string of the molecule is CCN(CC1CC1)C(=O)NCC(c1ccccc1)N(CC)CC. The highest BCUT2D eigenvalue weighted by Crippen LogP contribution is 2.29. The minimum absolute atomic E-state index is 0.0764. The number of amides is 2. The molecule has 0 bridgehead atoms. The molecule has 1 atom stereocenters. The minimum atomic E-state index is 0.0764. The van der Waals surface area contributed by atoms with Crippen LogP contribution in [0.5, 0.6) is 0 Å². The Kier molecular flexibility index (Phi) is 6.90. The van der Waals surface area contributed by atoms with Gasteiger partial charge in [-0.1, -0.05) is 44.2 Å². The normalized spacial score (nSPS) is 15.5. The largest absolute Gasteiger partial charge is 0.336 e. The van der Waals surface area contributed by atoms with Gasteiger partial charge in [0.1, 0.15) is 0 Å². The lowest BCUT2D eigenvalue weighted by molar-refractivity contribution is 0.183. The standard InChI is InChI=1S/C19H31N3O/c1-4-21(5-2)18(17-10-8-7-9-11-17)14-20-19(23)22(6-3)15-16-12-13-16/h7-11,16,18H,4-6,12-15H2,1-3H3,(H,20,23). The van der Waals surface area contributed by atoms with E-state index < -0.39 is 0 Å². The summed E-state index contributed by atoms with van der Waals surface area (Å²) >= 11 is 0. The molecule has 2 amide bonds. The molecular formula is C19H31N3O. The van der Waals surface area contributed by atoms with E-state index in [-0.39, 0.29) is 12.1 Å². The van der Waals surface area contributed by atoms with Crippen molar-refractivity contribution in [2.24, 2.45) is 5.92 Å². The summed E-state index contributed by atoms with van der Waals surface area (Å²) in [6, 6.07) is 10.8. The molecule has 0 radical (unpaired) electrons. The predicted molar refractivity (Wildman–Crippen MR) is 95.5 cm³/mol. The summed E-state index contributed by atoms with van der Waals surface area (Å²) in [5, 5.41) is 3.16. The molecule has 1 fully saturated rings. The molecule has 0 heterocycles. The molecule has 1 aromatic carbocycles. The highest BCUT2D eigenvalue weighted by atomic mass is 16.2. The van der Waals surface area contributed by atoms with Gasteiger partial charge in [0.15, 0.2) is 0 Å². The molecule has 0 aromatic heterocycles. The van der Waals surface area contributed by atoms with Crippen LogP contribution in [0.25, 0.3) is 0 Å². The van der Waals surface area contributed by atoms with E-state index in [2.05, 4.69) is 55.3 Å². The Bertz CT molecular complexity index is 469. The number of urea groups is 1. The summed E-state index contributed by atoms with van der Waals surface area (Å²) in [7, 11) is 0. The molecule has 1 aliphatic rings. The van der Waals surface area contributed by atoms with E-state index in [1.165, 1.54) is 18.4 Å². The Morgan fingerprint density at radius 2 is 1.78 bits per heavy atom. The molecule has 0 spiro atoms. The first-order chi connectivity index (χ1) is 11.2. The van der Waals surface area contributed by atoms with Gasteiger partial charge in [-0.05, 0) is 44.3 Å². The highest BCUT2D eigenvalue weighted by molar-refractivity contribution is 5.74. The van der Waals surface area contributed by atoms with Crippen molar-refractivity contribution in [3.8, 4) is 0 Å². The monoisotopic (exact) mass is 317 g/mol. The van der Waals surface area contributed by atoms with Crippen LogP contribution in [0, 0.1) is 5.92 Å². The number of carbonyl (C=O) groups is 1. The van der Waals surface area contributed by atoms with Crippen LogP contribution in [0.15, 0.2) is 30.3 Å². The van der Waals surface area contributed by atoms with Crippen molar-refractivity contribution in [3.63, 3.8) is 0 Å². The van der Waals surface area contributed by atoms with E-state index in [9.17, 15) is 4.79 Å². The van der Waals surface area contributed by atoms with Crippen molar-refractivity contribution >= 4 is 6.03 Å². The van der Waals surface area contributed by atoms with E-state index >= 15 is 0 Å². The lowest BCUT2D eigenvalue weighted by Crippen LogP contribution is -2.45. The fourth-order valence-corrected chi connectivity index (χ4v) is 3.06. The van der Waals surface area contributed by atoms with E-state index in [0.717, 1.165) is 32.1 Å². The molecule has 1 aliphatic carbocycles. The minimum Gasteiger partial charge on any atom is -0.336 e. The zero-order valence-electron chi connectivity index (χ0n) is 14.8. The average molecular weight is 317 g/mol. The number of nitrogens with one attached hydrogen (secondary N) is 1. The zero-order chi connectivity index (χ0) is 16.7. The van der Waals surface area contributed by atoms with Crippen LogP contribution in [0.2, 0.25) is 0 Å². The summed E-state index contributed by atoms with van der Waals surface area (Å²) in [5.74, 6) is 0.730. The lowest BCUT2D eigenvalue weighted by atomic mass is 10.1. The quantitative estimate of drug-likeness (QED) is 0.756. The van der Waals surface area contributed by atoms with Crippen LogP contribution >= 0.6 is 0 Å². The van der Waals surface area contributed by atoms with E-state index in [1.54, 1.807) is 0 Å². The number of hydrogen-bond acceptors (Lipinski definition) is 2. The molecule has 0 aliphatic heterocycles. The number of rotatable bonds is 9. The lowest BCUT2D eigenvalue weighted by Gasteiger charge is -2.31. The predicted octanol–water partition coefficient (Wildman–Crippen LogP) is 3.51. The van der Waals surface area contributed by atoms with Crippen molar-refractivity contribution in [1.29, 1.82) is 0 Å². The summed E-state index contributed by atoms with van der Waals surface area (Å²) in [4.78, 5) is 16.8. The second kappa shape index (κ2) is 8.92. The fraction of sp³-hybridized carbons (Fsp3) is 0.632. The Balaban J connectivity index is 1.98. The van der Waals surface area contributed by atoms with Gasteiger partial charge in [0, 0.05) is 19.6 Å². The van der Waals surface area contributed by atoms with Gasteiger partial charge in [0.25, 0.3) is 0 Å². The number of likely N-dealkylation sites (N-methyl/N-ethyl adjacent to an activating group) is 1. The van der Waals surface area contributed by atoms with Gasteiger partial charge in [-0.15, -0.1) is 0 Å². The smallest absolute Gasteiger partial charge is 0.317 e. The van der Waals surface area contributed by atoms with Crippen LogP contribution in [0.3, 0.4) is 0 Å². The molecule has 1 saturated carbocycles. The maximum Gasteiger partial charge on any atom is 0.317 e. The van der Waals surface area contributed by atoms with E-state index in [0.29, 0.717) is 6.54 Å². The molecule has 1 unspecified atom stereocenters. The van der Waals surface area contributed by atoms with Gasteiger partial charge in [-0.2, -0.15) is 0 Å². The van der Waals surface area contributed by atoms with Crippen molar-refractivity contribution in [2.45, 2.75) is 39.7 Å². The number of carbonyl (C=O) groups excluding carboxylic acids is 1. The zero-order valence-corrected chi connectivity index (χ0v) is 14.8. The van der Waals surface area contributed by atoms with Gasteiger partial charge in [-0.3, -0.25) is 4.90 Å². The third-order valence-electron chi connectivity index (χ3n) is 4.73. The molecular weight excluding hydrogens is 286 g/mol. The van der Waals surface area contributed by atoms with Crippen molar-refractivity contribution in [2.75, 3.05) is 32.7 Å². The van der Waals surface area contributed by atoms with E-state index in [1.807, 2.05) is 11.0 Å². The third kappa shape index (κ3) is 5.24. The molecule has 4 heteroatoms. The Morgan fingerprint density at radius 3 is 2.30 bits per heavy atom. The molecule has 0 saturated heterocycles. The highest BCUT2D eigenvalue weighted by Gasteiger charge is 2.26. The number of hydrogen-bond donors (Lipinski definition) is 1. The summed E-state index contributed by atoms with van der Waals surface area (Å²) in [5.41, 5.74) is 1.27. The molecule has 1 N–H and O–H groups in total. The van der Waals surface area contributed by atoms with Crippen molar-refractivity contribution in [1.82, 2.24) is 15.1 Å². The van der Waals surface area contributed by atoms with Crippen LogP contribution < -0.4 is 5.32 Å². The van der Waals surface area contributed by atoms with Gasteiger partial charge in [-0.25, -0.2) is 4.79 Å². The topological polar surface area (TPSA) is 35.6 Å². The number of benzene rings is 1. The van der Waals surface area contributed by atoms with Gasteiger partial charge < -0.3 is 10.2 Å². The molecule has 1 aromatic rings.